The first-order valence-electron chi connectivity index (χ1n) is 16.4. The van der Waals surface area contributed by atoms with Gasteiger partial charge >= 0.3 is 0 Å². The minimum absolute atomic E-state index is 0.0476. The van der Waals surface area contributed by atoms with Gasteiger partial charge in [-0.25, -0.2) is 14.4 Å². The van der Waals surface area contributed by atoms with Crippen LogP contribution in [0.1, 0.15) is 84.0 Å². The van der Waals surface area contributed by atoms with Crippen LogP contribution in [0.3, 0.4) is 0 Å². The molecule has 2 aliphatic heterocycles. The van der Waals surface area contributed by atoms with Gasteiger partial charge in [0.1, 0.15) is 17.9 Å². The maximum Gasteiger partial charge on any atom is 0.258 e. The highest BCUT2D eigenvalue weighted by Gasteiger charge is 2.45. The number of rotatable bonds is 11. The number of amides is 1. The highest BCUT2D eigenvalue weighted by molar-refractivity contribution is 5.97. The van der Waals surface area contributed by atoms with Crippen molar-refractivity contribution in [2.45, 2.75) is 97.4 Å². The third-order valence-corrected chi connectivity index (χ3v) is 9.49. The van der Waals surface area contributed by atoms with E-state index in [1.54, 1.807) is 11.1 Å². The number of benzene rings is 1. The van der Waals surface area contributed by atoms with Gasteiger partial charge in [-0.05, 0) is 103 Å². The highest BCUT2D eigenvalue weighted by Crippen LogP contribution is 2.45. The van der Waals surface area contributed by atoms with Gasteiger partial charge in [-0.1, -0.05) is 0 Å². The number of hydrogen-bond acceptors (Lipinski definition) is 8. The Morgan fingerprint density at radius 2 is 1.86 bits per heavy atom. The molecular weight excluding hydrogens is 559 g/mol. The van der Waals surface area contributed by atoms with Crippen molar-refractivity contribution in [1.82, 2.24) is 25.1 Å². The number of ether oxygens (including phenoxy) is 1. The van der Waals surface area contributed by atoms with Gasteiger partial charge in [0.05, 0.1) is 17.4 Å². The first kappa shape index (κ1) is 32.6. The lowest BCUT2D eigenvalue weighted by Crippen LogP contribution is -2.59. The molecule has 0 bridgehead atoms. The number of hydrogen-bond donors (Lipinski definition) is 2. The van der Waals surface area contributed by atoms with E-state index in [2.05, 4.69) is 25.1 Å². The number of carbonyl (C=O) groups excluding carboxylic acids is 1. The molecule has 1 aromatic heterocycles. The molecule has 9 nitrogen and oxygen atoms in total. The number of carbonyl (C=O) groups is 1. The largest absolute Gasteiger partial charge is 0.451 e. The van der Waals surface area contributed by atoms with Crippen LogP contribution in [-0.2, 0) is 0 Å². The van der Waals surface area contributed by atoms with Crippen molar-refractivity contribution in [2.75, 3.05) is 44.2 Å². The van der Waals surface area contributed by atoms with Crippen molar-refractivity contribution in [3.8, 4) is 11.5 Å². The molecule has 5 rings (SSSR count). The summed E-state index contributed by atoms with van der Waals surface area (Å²) in [5, 5.41) is 13.6. The van der Waals surface area contributed by atoms with Crippen molar-refractivity contribution in [1.29, 1.82) is 0 Å². The molecule has 2 aromatic rings. The van der Waals surface area contributed by atoms with Crippen molar-refractivity contribution in [2.24, 2.45) is 11.3 Å². The average molecular weight is 611 g/mol. The molecule has 1 aromatic carbocycles. The van der Waals surface area contributed by atoms with Gasteiger partial charge < -0.3 is 29.9 Å². The summed E-state index contributed by atoms with van der Waals surface area (Å²) in [5.74, 6) is 1.25. The van der Waals surface area contributed by atoms with Crippen LogP contribution in [0, 0.1) is 17.2 Å². The summed E-state index contributed by atoms with van der Waals surface area (Å²) in [5.41, 5.74) is -0.0124. The number of halogens is 1. The van der Waals surface area contributed by atoms with E-state index in [-0.39, 0.29) is 23.6 Å². The fourth-order valence-electron chi connectivity index (χ4n) is 7.42. The number of aromatic nitrogens is 2. The Balaban J connectivity index is 1.18. The van der Waals surface area contributed by atoms with Gasteiger partial charge in [0, 0.05) is 57.4 Å². The van der Waals surface area contributed by atoms with Crippen LogP contribution in [0.4, 0.5) is 10.2 Å². The fourth-order valence-corrected chi connectivity index (χ4v) is 7.42. The van der Waals surface area contributed by atoms with E-state index in [0.29, 0.717) is 41.2 Å². The molecule has 1 aliphatic carbocycles. The van der Waals surface area contributed by atoms with Crippen LogP contribution in [0.15, 0.2) is 30.7 Å². The first-order chi connectivity index (χ1) is 20.8. The molecule has 0 unspecified atom stereocenters. The summed E-state index contributed by atoms with van der Waals surface area (Å²) in [6.45, 7) is 17.3. The van der Waals surface area contributed by atoms with E-state index in [0.717, 1.165) is 26.1 Å². The smallest absolute Gasteiger partial charge is 0.258 e. The number of nitrogens with one attached hydrogen (secondary N) is 1. The zero-order valence-electron chi connectivity index (χ0n) is 27.4. The maximum absolute atomic E-state index is 14.3. The second-order valence-corrected chi connectivity index (χ2v) is 14.6. The van der Waals surface area contributed by atoms with Crippen LogP contribution in [0.25, 0.3) is 0 Å². The Bertz CT molecular complexity index is 1270. The average Bonchev–Trinajstić information content (AvgIpc) is 3.40. The minimum Gasteiger partial charge on any atom is -0.451 e. The predicted molar refractivity (Wildman–Crippen MR) is 171 cm³/mol. The van der Waals surface area contributed by atoms with Crippen LogP contribution in [0.2, 0.25) is 0 Å². The van der Waals surface area contributed by atoms with Crippen molar-refractivity contribution in [3.05, 3.63) is 42.1 Å². The lowest BCUT2D eigenvalue weighted by molar-refractivity contribution is -0.0412. The summed E-state index contributed by atoms with van der Waals surface area (Å²) in [6, 6.07) is 4.50. The second kappa shape index (κ2) is 13.3. The monoisotopic (exact) mass is 610 g/mol. The molecule has 3 heterocycles. The molecule has 3 aliphatic rings. The number of nitrogens with zero attached hydrogens (tertiary/aromatic N) is 5. The van der Waals surface area contributed by atoms with Crippen LogP contribution >= 0.6 is 0 Å². The van der Waals surface area contributed by atoms with Crippen LogP contribution in [-0.4, -0.2) is 93.8 Å². The second-order valence-electron chi connectivity index (χ2n) is 14.6. The van der Waals surface area contributed by atoms with E-state index < -0.39 is 11.4 Å². The van der Waals surface area contributed by atoms with E-state index in [4.69, 9.17) is 4.74 Å². The molecule has 2 saturated heterocycles. The third-order valence-electron chi connectivity index (χ3n) is 9.49. The summed E-state index contributed by atoms with van der Waals surface area (Å²) in [6.07, 6.45) is 9.11. The van der Waals surface area contributed by atoms with Gasteiger partial charge in [-0.2, -0.15) is 0 Å². The molecule has 2 N–H and O–H groups in total. The van der Waals surface area contributed by atoms with E-state index in [9.17, 15) is 14.3 Å². The van der Waals surface area contributed by atoms with Gasteiger partial charge in [-0.3, -0.25) is 4.79 Å². The number of likely N-dealkylation sites (tertiary alicyclic amines) is 1. The molecule has 1 saturated carbocycles. The molecular formula is C34H51FN6O3. The molecule has 3 fully saturated rings. The Labute approximate surface area is 262 Å². The van der Waals surface area contributed by atoms with Gasteiger partial charge in [0.25, 0.3) is 5.91 Å². The molecule has 1 atom stereocenters. The third kappa shape index (κ3) is 7.69. The zero-order valence-corrected chi connectivity index (χ0v) is 27.4. The topological polar surface area (TPSA) is 94.1 Å². The molecule has 1 spiro atoms. The summed E-state index contributed by atoms with van der Waals surface area (Å²) in [4.78, 5) is 28.9. The lowest BCUT2D eigenvalue weighted by atomic mass is 9.67. The Hall–Kier alpha value is -2.82. The fraction of sp³-hybridized carbons (Fsp3) is 0.676. The molecule has 242 valence electrons. The van der Waals surface area contributed by atoms with E-state index in [1.807, 2.05) is 41.5 Å². The first-order valence-corrected chi connectivity index (χ1v) is 16.4. The zero-order chi connectivity index (χ0) is 31.6. The summed E-state index contributed by atoms with van der Waals surface area (Å²) >= 11 is 0. The Kier molecular flexibility index (Phi) is 9.82. The quantitative estimate of drug-likeness (QED) is 0.363. The molecule has 0 radical (unpaired) electrons. The van der Waals surface area contributed by atoms with Crippen molar-refractivity contribution < 1.29 is 19.0 Å². The highest BCUT2D eigenvalue weighted by atomic mass is 19.1. The molecule has 10 heteroatoms. The minimum atomic E-state index is -0.665. The standard InChI is InChI=1S/C34H51FN6O3/c1-23(2)41(24(3)4)32(42)28-15-26(35)7-8-29(28)44-30-16-36-22-38-31(30)40-14-11-25(18-40)17-39-20-34(21-39)12-9-27(10-13-34)37-19-33(5,6)43/h7-8,15-16,22-25,27,37,43H,9-14,17-21H2,1-6H3/t25-/m0/s1. The molecule has 44 heavy (non-hydrogen) atoms. The number of anilines is 1. The lowest BCUT2D eigenvalue weighted by Gasteiger charge is -2.54. The normalized spacial score (nSPS) is 20.9. The van der Waals surface area contributed by atoms with Gasteiger partial charge in [0.15, 0.2) is 11.6 Å². The van der Waals surface area contributed by atoms with Crippen molar-refractivity contribution >= 4 is 11.7 Å². The Morgan fingerprint density at radius 1 is 1.16 bits per heavy atom. The van der Waals surface area contributed by atoms with Crippen molar-refractivity contribution in [3.63, 3.8) is 0 Å². The number of aliphatic hydroxyl groups is 1. The van der Waals surface area contributed by atoms with Crippen LogP contribution in [0.5, 0.6) is 11.5 Å². The Morgan fingerprint density at radius 3 is 2.52 bits per heavy atom. The maximum atomic E-state index is 14.3. The molecule has 1 amide bonds. The summed E-state index contributed by atoms with van der Waals surface area (Å²) in [7, 11) is 0. The van der Waals surface area contributed by atoms with Crippen LogP contribution < -0.4 is 15.0 Å². The van der Waals surface area contributed by atoms with Gasteiger partial charge in [0.2, 0.25) is 0 Å². The van der Waals surface area contributed by atoms with Gasteiger partial charge in [-0.15, -0.1) is 0 Å². The summed E-state index contributed by atoms with van der Waals surface area (Å²) < 4.78 is 20.6. The SMILES string of the molecule is CC(C)N(C(=O)c1cc(F)ccc1Oc1cncnc1N1CC[C@@H](CN2CC3(CCC(NCC(C)(C)O)CC3)C2)C1)C(C)C. The predicted octanol–water partition coefficient (Wildman–Crippen LogP) is 5.10. The van der Waals surface area contributed by atoms with E-state index in [1.165, 1.54) is 63.3 Å². The van der Waals surface area contributed by atoms with E-state index >= 15 is 0 Å².